The molecule has 31 heavy (non-hydrogen) atoms. The number of sulfone groups is 1. The maximum atomic E-state index is 14.3. The Hall–Kier alpha value is -2.63. The molecule has 1 aliphatic carbocycles. The molecule has 1 saturated carbocycles. The van der Waals surface area contributed by atoms with E-state index in [1.54, 1.807) is 0 Å². The van der Waals surface area contributed by atoms with E-state index < -0.39 is 39.4 Å². The molecule has 2 aliphatic rings. The van der Waals surface area contributed by atoms with Gasteiger partial charge in [-0.15, -0.1) is 0 Å². The summed E-state index contributed by atoms with van der Waals surface area (Å²) in [5.74, 6) is -2.60. The number of halogens is 3. The van der Waals surface area contributed by atoms with Gasteiger partial charge in [0.25, 0.3) is 11.6 Å². The lowest BCUT2D eigenvalue weighted by atomic mass is 10.0. The Morgan fingerprint density at radius 1 is 1.32 bits per heavy atom. The second kappa shape index (κ2) is 7.21. The maximum Gasteiger partial charge on any atom is 0.440 e. The fourth-order valence-corrected chi connectivity index (χ4v) is 5.25. The van der Waals surface area contributed by atoms with E-state index in [2.05, 4.69) is 4.98 Å². The zero-order chi connectivity index (χ0) is 22.6. The van der Waals surface area contributed by atoms with Crippen LogP contribution in [0.4, 0.5) is 19.1 Å². The molecular formula is C19H21F3N4O4S. The Morgan fingerprint density at radius 3 is 2.61 bits per heavy atom. The SMILES string of the molecule is CS(=O)(=O)c1cccc2c1nc1n2C(NC(=O)CCC2CCCC2)(C(F)(F)F)C(=O)N1. The van der Waals surface area contributed by atoms with Gasteiger partial charge in [-0.25, -0.2) is 13.4 Å². The normalized spacial score (nSPS) is 22.0. The molecule has 1 aromatic heterocycles. The van der Waals surface area contributed by atoms with E-state index in [0.29, 0.717) is 11.0 Å². The van der Waals surface area contributed by atoms with Gasteiger partial charge in [0.05, 0.1) is 10.4 Å². The summed E-state index contributed by atoms with van der Waals surface area (Å²) in [4.78, 5) is 28.7. The van der Waals surface area contributed by atoms with Crippen molar-refractivity contribution in [2.45, 2.75) is 55.3 Å². The number of imidazole rings is 1. The number of hydrogen-bond donors (Lipinski definition) is 2. The minimum absolute atomic E-state index is 0.146. The molecule has 2 amide bonds. The molecule has 1 fully saturated rings. The molecule has 12 heteroatoms. The van der Waals surface area contributed by atoms with Gasteiger partial charge in [0.15, 0.2) is 9.84 Å². The number of fused-ring (bicyclic) bond motifs is 3. The fourth-order valence-electron chi connectivity index (χ4n) is 4.43. The molecule has 168 valence electrons. The van der Waals surface area contributed by atoms with Crippen LogP contribution >= 0.6 is 0 Å². The van der Waals surface area contributed by atoms with Crippen LogP contribution in [0.1, 0.15) is 38.5 Å². The Balaban J connectivity index is 1.79. The highest BCUT2D eigenvalue weighted by molar-refractivity contribution is 7.91. The first-order valence-corrected chi connectivity index (χ1v) is 11.8. The number of benzene rings is 1. The Kier molecular flexibility index (Phi) is 5.02. The molecule has 0 radical (unpaired) electrons. The molecule has 8 nitrogen and oxygen atoms in total. The van der Waals surface area contributed by atoms with E-state index in [9.17, 15) is 31.2 Å². The van der Waals surface area contributed by atoms with E-state index >= 15 is 0 Å². The Labute approximate surface area is 176 Å². The average molecular weight is 458 g/mol. The summed E-state index contributed by atoms with van der Waals surface area (Å²) in [6.07, 6.45) is -0.0653. The van der Waals surface area contributed by atoms with E-state index in [0.717, 1.165) is 31.9 Å². The third-order valence-corrected chi connectivity index (χ3v) is 7.05. The Morgan fingerprint density at radius 2 is 2.00 bits per heavy atom. The lowest BCUT2D eigenvalue weighted by Gasteiger charge is -2.32. The van der Waals surface area contributed by atoms with Gasteiger partial charge in [0.2, 0.25) is 11.9 Å². The zero-order valence-electron chi connectivity index (χ0n) is 16.6. The summed E-state index contributed by atoms with van der Waals surface area (Å²) in [5.41, 5.74) is -3.86. The third kappa shape index (κ3) is 3.46. The second-order valence-electron chi connectivity index (χ2n) is 8.07. The predicted octanol–water partition coefficient (Wildman–Crippen LogP) is 2.69. The molecule has 4 rings (SSSR count). The highest BCUT2D eigenvalue weighted by Gasteiger charge is 2.67. The van der Waals surface area contributed by atoms with Gasteiger partial charge in [0.1, 0.15) is 5.52 Å². The highest BCUT2D eigenvalue weighted by Crippen LogP contribution is 2.44. The summed E-state index contributed by atoms with van der Waals surface area (Å²) in [5, 5.41) is 3.95. The molecule has 0 spiro atoms. The molecule has 0 bridgehead atoms. The number of nitrogens with one attached hydrogen (secondary N) is 2. The molecule has 1 aliphatic heterocycles. The topological polar surface area (TPSA) is 110 Å². The summed E-state index contributed by atoms with van der Waals surface area (Å²) >= 11 is 0. The van der Waals surface area contributed by atoms with Crippen LogP contribution in [0.25, 0.3) is 11.0 Å². The van der Waals surface area contributed by atoms with Gasteiger partial charge < -0.3 is 5.32 Å². The van der Waals surface area contributed by atoms with Crippen LogP contribution in [0.2, 0.25) is 0 Å². The molecule has 1 unspecified atom stereocenters. The quantitative estimate of drug-likeness (QED) is 0.716. The van der Waals surface area contributed by atoms with Crippen LogP contribution in [-0.4, -0.2) is 42.2 Å². The molecular weight excluding hydrogens is 437 g/mol. The number of amides is 2. The van der Waals surface area contributed by atoms with Crippen LogP contribution in [0.3, 0.4) is 0 Å². The molecule has 1 atom stereocenters. The number of carbonyl (C=O) groups is 2. The fraction of sp³-hybridized carbons (Fsp3) is 0.526. The smallest absolute Gasteiger partial charge is 0.317 e. The van der Waals surface area contributed by atoms with Crippen LogP contribution in [0.5, 0.6) is 0 Å². The first kappa shape index (κ1) is 21.6. The van der Waals surface area contributed by atoms with Crippen LogP contribution in [-0.2, 0) is 25.1 Å². The van der Waals surface area contributed by atoms with Crippen LogP contribution in [0, 0.1) is 5.92 Å². The highest BCUT2D eigenvalue weighted by atomic mass is 32.2. The minimum atomic E-state index is -5.21. The van der Waals surface area contributed by atoms with Crippen molar-refractivity contribution in [1.29, 1.82) is 0 Å². The summed E-state index contributed by atoms with van der Waals surface area (Å²) in [6, 6.07) is 3.71. The molecule has 0 saturated heterocycles. The van der Waals surface area contributed by atoms with Crippen LogP contribution in [0.15, 0.2) is 23.1 Å². The van der Waals surface area contributed by atoms with Gasteiger partial charge in [-0.2, -0.15) is 13.2 Å². The number of alkyl halides is 3. The standard InChI is InChI=1S/C19H21F3N4O4S/c1-31(29,30)13-8-4-7-12-15(13)23-17-24-16(28)18(26(12)17,19(20,21)22)25-14(27)10-9-11-5-2-3-6-11/h4,7-8,11H,2-3,5-6,9-10H2,1H3,(H,25,27)(H,23,24,28). The van der Waals surface area contributed by atoms with Crippen molar-refractivity contribution in [2.24, 2.45) is 5.92 Å². The van der Waals surface area contributed by atoms with Gasteiger partial charge in [0, 0.05) is 12.7 Å². The van der Waals surface area contributed by atoms with Crippen molar-refractivity contribution < 1.29 is 31.2 Å². The van der Waals surface area contributed by atoms with Crippen molar-refractivity contribution in [2.75, 3.05) is 11.6 Å². The van der Waals surface area contributed by atoms with Crippen LogP contribution < -0.4 is 10.6 Å². The number of aromatic nitrogens is 2. The molecule has 2 N–H and O–H groups in total. The molecule has 2 heterocycles. The van der Waals surface area contributed by atoms with Gasteiger partial charge in [-0.3, -0.25) is 19.5 Å². The predicted molar refractivity (Wildman–Crippen MR) is 105 cm³/mol. The van der Waals surface area contributed by atoms with E-state index in [1.165, 1.54) is 18.2 Å². The lowest BCUT2D eigenvalue weighted by molar-refractivity contribution is -0.217. The maximum absolute atomic E-state index is 14.3. The van der Waals surface area contributed by atoms with Gasteiger partial charge in [-0.1, -0.05) is 31.7 Å². The third-order valence-electron chi connectivity index (χ3n) is 5.92. The van der Waals surface area contributed by atoms with Crippen molar-refractivity contribution in [1.82, 2.24) is 14.9 Å². The first-order valence-electron chi connectivity index (χ1n) is 9.86. The van der Waals surface area contributed by atoms with Crippen molar-refractivity contribution in [3.8, 4) is 0 Å². The molecule has 1 aromatic carbocycles. The molecule has 2 aromatic rings. The number of anilines is 1. The number of nitrogens with zero attached hydrogens (tertiary/aromatic N) is 2. The lowest BCUT2D eigenvalue weighted by Crippen LogP contribution is -2.63. The van der Waals surface area contributed by atoms with Crippen molar-refractivity contribution >= 4 is 38.6 Å². The summed E-state index contributed by atoms with van der Waals surface area (Å²) in [7, 11) is -3.80. The summed E-state index contributed by atoms with van der Waals surface area (Å²) in [6.45, 7) is 0. The number of hydrogen-bond acceptors (Lipinski definition) is 5. The Bertz CT molecular complexity index is 1170. The van der Waals surface area contributed by atoms with E-state index in [-0.39, 0.29) is 28.3 Å². The van der Waals surface area contributed by atoms with Gasteiger partial charge >= 0.3 is 6.18 Å². The number of carbonyl (C=O) groups excluding carboxylic acids is 2. The van der Waals surface area contributed by atoms with Crippen molar-refractivity contribution in [3.05, 3.63) is 18.2 Å². The zero-order valence-corrected chi connectivity index (χ0v) is 17.4. The number of rotatable bonds is 5. The number of para-hydroxylation sites is 1. The summed E-state index contributed by atoms with van der Waals surface area (Å²) < 4.78 is 67.7. The monoisotopic (exact) mass is 458 g/mol. The largest absolute Gasteiger partial charge is 0.440 e. The van der Waals surface area contributed by atoms with Gasteiger partial charge in [-0.05, 0) is 24.5 Å². The van der Waals surface area contributed by atoms with E-state index in [4.69, 9.17) is 0 Å². The van der Waals surface area contributed by atoms with Crippen molar-refractivity contribution in [3.63, 3.8) is 0 Å². The van der Waals surface area contributed by atoms with E-state index in [1.807, 2.05) is 10.6 Å². The second-order valence-corrected chi connectivity index (χ2v) is 10.1. The minimum Gasteiger partial charge on any atom is -0.317 e. The first-order chi connectivity index (χ1) is 14.4. The average Bonchev–Trinajstić information content (AvgIpc) is 3.35.